The van der Waals surface area contributed by atoms with Gasteiger partial charge in [0.1, 0.15) is 11.3 Å². The van der Waals surface area contributed by atoms with Crippen molar-refractivity contribution in [3.05, 3.63) is 41.1 Å². The molecule has 1 unspecified atom stereocenters. The molecule has 4 heteroatoms. The van der Waals surface area contributed by atoms with Gasteiger partial charge in [-0.3, -0.25) is 0 Å². The number of fused-ring (bicyclic) bond motifs is 1. The average Bonchev–Trinajstić information content (AvgIpc) is 2.19. The van der Waals surface area contributed by atoms with Crippen LogP contribution in [-0.2, 0) is 0 Å². The van der Waals surface area contributed by atoms with E-state index in [1.165, 1.54) is 6.07 Å². The lowest BCUT2D eigenvalue weighted by Gasteiger charge is -2.09. The van der Waals surface area contributed by atoms with Crippen LogP contribution in [0.4, 0.5) is 8.78 Å². The lowest BCUT2D eigenvalue weighted by Crippen LogP contribution is -1.99. The second-order valence-corrected chi connectivity index (χ2v) is 3.82. The summed E-state index contributed by atoms with van der Waals surface area (Å²) in [6.07, 6.45) is -0.771. The number of hydrogen-bond acceptors (Lipinski definition) is 2. The minimum atomic E-state index is -0.771. The van der Waals surface area contributed by atoms with Gasteiger partial charge < -0.3 is 5.11 Å². The van der Waals surface area contributed by atoms with Gasteiger partial charge in [-0.05, 0) is 31.5 Å². The van der Waals surface area contributed by atoms with Gasteiger partial charge in [0.05, 0.1) is 11.8 Å². The monoisotopic (exact) mass is 223 g/mol. The minimum absolute atomic E-state index is 0.0947. The molecule has 0 fully saturated rings. The highest BCUT2D eigenvalue weighted by atomic mass is 19.1. The van der Waals surface area contributed by atoms with E-state index in [0.29, 0.717) is 16.6 Å². The van der Waals surface area contributed by atoms with E-state index in [1.807, 2.05) is 0 Å². The Hall–Kier alpha value is -1.55. The zero-order valence-corrected chi connectivity index (χ0v) is 8.96. The molecule has 2 nitrogen and oxygen atoms in total. The van der Waals surface area contributed by atoms with Gasteiger partial charge in [0.25, 0.3) is 0 Å². The summed E-state index contributed by atoms with van der Waals surface area (Å²) in [5.41, 5.74) is 1.17. The number of nitrogens with zero attached hydrogens (tertiary/aromatic N) is 1. The fourth-order valence-electron chi connectivity index (χ4n) is 1.66. The number of aromatic nitrogens is 1. The molecule has 0 amide bonds. The van der Waals surface area contributed by atoms with Crippen molar-refractivity contribution < 1.29 is 13.9 Å². The first-order valence-electron chi connectivity index (χ1n) is 4.93. The van der Waals surface area contributed by atoms with Crippen molar-refractivity contribution in [3.8, 4) is 0 Å². The highest BCUT2D eigenvalue weighted by molar-refractivity contribution is 5.82. The van der Waals surface area contributed by atoms with Crippen molar-refractivity contribution in [2.75, 3.05) is 0 Å². The lowest BCUT2D eigenvalue weighted by molar-refractivity contribution is 0.194. The fraction of sp³-hybridized carbons (Fsp3) is 0.250. The van der Waals surface area contributed by atoms with Crippen LogP contribution in [0, 0.1) is 18.6 Å². The highest BCUT2D eigenvalue weighted by Crippen LogP contribution is 2.24. The summed E-state index contributed by atoms with van der Waals surface area (Å²) in [6, 6.07) is 3.67. The van der Waals surface area contributed by atoms with Crippen molar-refractivity contribution in [1.29, 1.82) is 0 Å². The molecule has 0 bridgehead atoms. The quantitative estimate of drug-likeness (QED) is 0.806. The summed E-state index contributed by atoms with van der Waals surface area (Å²) >= 11 is 0. The van der Waals surface area contributed by atoms with Crippen molar-refractivity contribution in [3.63, 3.8) is 0 Å². The molecule has 84 valence electrons. The van der Waals surface area contributed by atoms with E-state index in [4.69, 9.17) is 0 Å². The summed E-state index contributed by atoms with van der Waals surface area (Å²) in [5.74, 6) is -1.33. The molecule has 0 radical (unpaired) electrons. The lowest BCUT2D eigenvalue weighted by atomic mass is 10.1. The number of pyridine rings is 1. The average molecular weight is 223 g/mol. The Morgan fingerprint density at radius 3 is 2.56 bits per heavy atom. The van der Waals surface area contributed by atoms with Gasteiger partial charge in [-0.1, -0.05) is 0 Å². The third-order valence-corrected chi connectivity index (χ3v) is 2.49. The maximum absolute atomic E-state index is 13.5. The first-order chi connectivity index (χ1) is 7.49. The van der Waals surface area contributed by atoms with Gasteiger partial charge in [-0.2, -0.15) is 0 Å². The predicted octanol–water partition coefficient (Wildman–Crippen LogP) is 2.87. The van der Waals surface area contributed by atoms with Gasteiger partial charge in [-0.15, -0.1) is 0 Å². The number of benzene rings is 1. The standard InChI is InChI=1S/C12H11F2NO/c1-6-3-11(7(2)16)15-12-9(6)4-8(13)5-10(12)14/h3-5,7,16H,1-2H3. The minimum Gasteiger partial charge on any atom is -0.387 e. The molecule has 1 N–H and O–H groups in total. The molecule has 2 aromatic rings. The van der Waals surface area contributed by atoms with Crippen LogP contribution in [-0.4, -0.2) is 10.1 Å². The first kappa shape index (κ1) is 11.0. The van der Waals surface area contributed by atoms with Crippen LogP contribution in [0.1, 0.15) is 24.3 Å². The molecule has 1 aromatic carbocycles. The molecule has 0 saturated heterocycles. The van der Waals surface area contributed by atoms with Crippen LogP contribution in [0.15, 0.2) is 18.2 Å². The summed E-state index contributed by atoms with van der Waals surface area (Å²) < 4.78 is 26.5. The summed E-state index contributed by atoms with van der Waals surface area (Å²) in [6.45, 7) is 3.28. The Morgan fingerprint density at radius 2 is 1.94 bits per heavy atom. The topological polar surface area (TPSA) is 33.1 Å². The van der Waals surface area contributed by atoms with Crippen LogP contribution in [0.3, 0.4) is 0 Å². The third-order valence-electron chi connectivity index (χ3n) is 2.49. The van der Waals surface area contributed by atoms with Crippen LogP contribution >= 0.6 is 0 Å². The van der Waals surface area contributed by atoms with Crippen LogP contribution in [0.25, 0.3) is 10.9 Å². The molecule has 1 heterocycles. The number of rotatable bonds is 1. The van der Waals surface area contributed by atoms with Crippen molar-refractivity contribution in [2.45, 2.75) is 20.0 Å². The van der Waals surface area contributed by atoms with Crippen molar-refractivity contribution in [1.82, 2.24) is 4.98 Å². The molecule has 1 atom stereocenters. The van der Waals surface area contributed by atoms with Gasteiger partial charge in [0.2, 0.25) is 0 Å². The number of hydrogen-bond donors (Lipinski definition) is 1. The van der Waals surface area contributed by atoms with E-state index < -0.39 is 17.7 Å². The zero-order valence-electron chi connectivity index (χ0n) is 8.96. The number of halogens is 2. The van der Waals surface area contributed by atoms with Crippen LogP contribution < -0.4 is 0 Å². The Labute approximate surface area is 91.6 Å². The SMILES string of the molecule is Cc1cc(C(C)O)nc2c(F)cc(F)cc12. The fourth-order valence-corrected chi connectivity index (χ4v) is 1.66. The van der Waals surface area contributed by atoms with E-state index in [-0.39, 0.29) is 5.52 Å². The van der Waals surface area contributed by atoms with Crippen molar-refractivity contribution in [2.24, 2.45) is 0 Å². The molecule has 1 aromatic heterocycles. The maximum Gasteiger partial charge on any atom is 0.152 e. The Bertz CT molecular complexity index is 552. The summed E-state index contributed by atoms with van der Waals surface area (Å²) in [7, 11) is 0. The van der Waals surface area contributed by atoms with Crippen LogP contribution in [0.2, 0.25) is 0 Å². The molecule has 16 heavy (non-hydrogen) atoms. The zero-order chi connectivity index (χ0) is 11.9. The highest BCUT2D eigenvalue weighted by Gasteiger charge is 2.11. The smallest absolute Gasteiger partial charge is 0.152 e. The second kappa shape index (κ2) is 3.79. The number of aliphatic hydroxyl groups is 1. The van der Waals surface area contributed by atoms with Gasteiger partial charge in [0.15, 0.2) is 5.82 Å². The van der Waals surface area contributed by atoms with Crippen LogP contribution in [0.5, 0.6) is 0 Å². The molecule has 0 saturated carbocycles. The third kappa shape index (κ3) is 1.76. The predicted molar refractivity (Wildman–Crippen MR) is 57.0 cm³/mol. The van der Waals surface area contributed by atoms with Gasteiger partial charge in [-0.25, -0.2) is 13.8 Å². The Morgan fingerprint density at radius 1 is 1.25 bits per heavy atom. The van der Waals surface area contributed by atoms with Crippen molar-refractivity contribution >= 4 is 10.9 Å². The summed E-state index contributed by atoms with van der Waals surface area (Å²) in [5, 5.41) is 9.83. The number of aryl methyl sites for hydroxylation is 1. The molecule has 0 spiro atoms. The first-order valence-corrected chi connectivity index (χ1v) is 4.93. The van der Waals surface area contributed by atoms with E-state index in [1.54, 1.807) is 19.9 Å². The molecule has 2 rings (SSSR count). The summed E-state index contributed by atoms with van der Waals surface area (Å²) in [4.78, 5) is 3.98. The molecule has 0 aliphatic carbocycles. The van der Waals surface area contributed by atoms with E-state index in [9.17, 15) is 13.9 Å². The van der Waals surface area contributed by atoms with E-state index in [2.05, 4.69) is 4.98 Å². The largest absolute Gasteiger partial charge is 0.387 e. The number of aliphatic hydroxyl groups excluding tert-OH is 1. The van der Waals surface area contributed by atoms with Gasteiger partial charge >= 0.3 is 0 Å². The normalized spacial score (nSPS) is 13.1. The maximum atomic E-state index is 13.5. The molecule has 0 aliphatic heterocycles. The molecular weight excluding hydrogens is 212 g/mol. The molecular formula is C12H11F2NO. The van der Waals surface area contributed by atoms with E-state index in [0.717, 1.165) is 6.07 Å². The van der Waals surface area contributed by atoms with E-state index >= 15 is 0 Å². The second-order valence-electron chi connectivity index (χ2n) is 3.82. The molecule has 0 aliphatic rings. The Balaban J connectivity index is 2.82. The van der Waals surface area contributed by atoms with Gasteiger partial charge in [0, 0.05) is 11.5 Å². The Kier molecular flexibility index (Phi) is 2.59.